The highest BCUT2D eigenvalue weighted by Gasteiger charge is 2.16. The summed E-state index contributed by atoms with van der Waals surface area (Å²) in [5.74, 6) is 1.95. The zero-order valence-corrected chi connectivity index (χ0v) is 11.6. The smallest absolute Gasteiger partial charge is 0.231 e. The van der Waals surface area contributed by atoms with Gasteiger partial charge in [-0.3, -0.25) is 5.10 Å². The Balaban J connectivity index is 1.63. The average molecular weight is 295 g/mol. The number of aromatic amines is 1. The molecule has 0 aliphatic carbocycles. The monoisotopic (exact) mass is 294 g/mol. The zero-order valence-electron chi connectivity index (χ0n) is 10.9. The third-order valence-corrected chi connectivity index (χ3v) is 3.26. The molecule has 1 aliphatic rings. The van der Waals surface area contributed by atoms with Crippen LogP contribution in [0, 0.1) is 0 Å². The van der Waals surface area contributed by atoms with Crippen molar-refractivity contribution in [3.8, 4) is 0 Å². The summed E-state index contributed by atoms with van der Waals surface area (Å²) in [4.78, 5) is 18.8. The molecule has 8 nitrogen and oxygen atoms in total. The Bertz CT molecular complexity index is 552. The van der Waals surface area contributed by atoms with Crippen molar-refractivity contribution in [2.24, 2.45) is 0 Å². The predicted octanol–water partition coefficient (Wildman–Crippen LogP) is 0.898. The Morgan fingerprint density at radius 1 is 1.25 bits per heavy atom. The molecule has 2 N–H and O–H groups in total. The molecule has 0 unspecified atom stereocenters. The van der Waals surface area contributed by atoms with Crippen LogP contribution in [-0.4, -0.2) is 49.8 Å². The van der Waals surface area contributed by atoms with E-state index in [9.17, 15) is 0 Å². The Morgan fingerprint density at radius 2 is 2.10 bits per heavy atom. The van der Waals surface area contributed by atoms with Crippen LogP contribution in [0.5, 0.6) is 0 Å². The van der Waals surface area contributed by atoms with Gasteiger partial charge in [0.25, 0.3) is 0 Å². The highest BCUT2D eigenvalue weighted by atomic mass is 35.5. The minimum Gasteiger partial charge on any atom is -0.354 e. The fourth-order valence-electron chi connectivity index (χ4n) is 2.12. The molecule has 1 saturated heterocycles. The zero-order chi connectivity index (χ0) is 13.8. The second-order valence-corrected chi connectivity index (χ2v) is 4.87. The maximum Gasteiger partial charge on any atom is 0.231 e. The molecule has 20 heavy (non-hydrogen) atoms. The molecule has 0 radical (unpaired) electrons. The Morgan fingerprint density at radius 3 is 2.85 bits per heavy atom. The normalized spacial score (nSPS) is 14.8. The quantitative estimate of drug-likeness (QED) is 0.845. The number of nitrogens with zero attached hydrogens (tertiary/aromatic N) is 6. The van der Waals surface area contributed by atoms with Gasteiger partial charge in [0.05, 0.1) is 0 Å². The summed E-state index contributed by atoms with van der Waals surface area (Å²) in [6.07, 6.45) is 4.53. The lowest BCUT2D eigenvalue weighted by atomic mass is 10.4. The predicted molar refractivity (Wildman–Crippen MR) is 74.9 cm³/mol. The largest absolute Gasteiger partial charge is 0.354 e. The molecule has 0 aromatic carbocycles. The number of rotatable bonds is 5. The molecule has 106 valence electrons. The molecule has 0 spiro atoms. The highest BCUT2D eigenvalue weighted by Crippen LogP contribution is 2.18. The van der Waals surface area contributed by atoms with Crippen LogP contribution in [0.4, 0.5) is 11.9 Å². The summed E-state index contributed by atoms with van der Waals surface area (Å²) in [6, 6.07) is 0. The van der Waals surface area contributed by atoms with E-state index in [1.807, 2.05) is 0 Å². The number of hydrogen-bond donors (Lipinski definition) is 2. The van der Waals surface area contributed by atoms with Gasteiger partial charge in [-0.05, 0) is 24.4 Å². The van der Waals surface area contributed by atoms with Crippen LogP contribution < -0.4 is 10.2 Å². The molecule has 1 aliphatic heterocycles. The van der Waals surface area contributed by atoms with E-state index in [2.05, 4.69) is 40.3 Å². The summed E-state index contributed by atoms with van der Waals surface area (Å²) in [7, 11) is 0. The molecule has 0 bridgehead atoms. The third-order valence-electron chi connectivity index (χ3n) is 3.10. The van der Waals surface area contributed by atoms with E-state index in [4.69, 9.17) is 11.6 Å². The first-order valence-corrected chi connectivity index (χ1v) is 6.94. The van der Waals surface area contributed by atoms with Gasteiger partial charge in [-0.1, -0.05) is 0 Å². The van der Waals surface area contributed by atoms with E-state index in [0.29, 0.717) is 24.9 Å². The van der Waals surface area contributed by atoms with Gasteiger partial charge >= 0.3 is 0 Å². The maximum atomic E-state index is 5.95. The van der Waals surface area contributed by atoms with Crippen LogP contribution in [0.15, 0.2) is 6.33 Å². The van der Waals surface area contributed by atoms with E-state index in [0.717, 1.165) is 31.8 Å². The first kappa shape index (κ1) is 13.0. The molecule has 9 heteroatoms. The highest BCUT2D eigenvalue weighted by molar-refractivity contribution is 6.28. The van der Waals surface area contributed by atoms with Crippen LogP contribution in [-0.2, 0) is 6.42 Å². The van der Waals surface area contributed by atoms with Crippen molar-refractivity contribution < 1.29 is 0 Å². The summed E-state index contributed by atoms with van der Waals surface area (Å²) >= 11 is 5.95. The van der Waals surface area contributed by atoms with Gasteiger partial charge in [0.2, 0.25) is 17.2 Å². The van der Waals surface area contributed by atoms with Gasteiger partial charge in [-0.25, -0.2) is 4.98 Å². The topological polar surface area (TPSA) is 95.5 Å². The number of aromatic nitrogens is 6. The van der Waals surface area contributed by atoms with Crippen LogP contribution in [0.25, 0.3) is 0 Å². The van der Waals surface area contributed by atoms with Crippen molar-refractivity contribution >= 4 is 23.5 Å². The van der Waals surface area contributed by atoms with Gasteiger partial charge < -0.3 is 10.2 Å². The minimum absolute atomic E-state index is 0.212. The molecule has 0 amide bonds. The van der Waals surface area contributed by atoms with Crippen LogP contribution in [0.2, 0.25) is 5.28 Å². The Kier molecular flexibility index (Phi) is 3.91. The Labute approximate surface area is 121 Å². The fourth-order valence-corrected chi connectivity index (χ4v) is 2.28. The lowest BCUT2D eigenvalue weighted by Gasteiger charge is -2.15. The van der Waals surface area contributed by atoms with Gasteiger partial charge in [-0.15, -0.1) is 0 Å². The lowest BCUT2D eigenvalue weighted by molar-refractivity contribution is 0.860. The van der Waals surface area contributed by atoms with Crippen LogP contribution >= 0.6 is 11.6 Å². The molecule has 0 saturated carbocycles. The van der Waals surface area contributed by atoms with Crippen molar-refractivity contribution in [1.82, 2.24) is 30.1 Å². The summed E-state index contributed by atoms with van der Waals surface area (Å²) in [5.41, 5.74) is 0. The van der Waals surface area contributed by atoms with Gasteiger partial charge in [-0.2, -0.15) is 20.1 Å². The van der Waals surface area contributed by atoms with Gasteiger partial charge in [0, 0.05) is 26.1 Å². The molecular formula is C11H15ClN8. The molecule has 3 heterocycles. The molecule has 0 atom stereocenters. The summed E-state index contributed by atoms with van der Waals surface area (Å²) in [5, 5.41) is 9.94. The first-order chi connectivity index (χ1) is 9.81. The number of hydrogen-bond acceptors (Lipinski definition) is 7. The van der Waals surface area contributed by atoms with Gasteiger partial charge in [0.15, 0.2) is 0 Å². The second kappa shape index (κ2) is 6.00. The fraction of sp³-hybridized carbons (Fsp3) is 0.545. The number of halogens is 1. The molecule has 3 rings (SSSR count). The number of anilines is 2. The van der Waals surface area contributed by atoms with Crippen molar-refractivity contribution in [3.63, 3.8) is 0 Å². The minimum atomic E-state index is 0.212. The number of H-pyrrole nitrogens is 1. The lowest BCUT2D eigenvalue weighted by Crippen LogP contribution is -2.21. The SMILES string of the molecule is Clc1nc(NCCc2ncn[nH]2)nc(N2CCCC2)n1. The maximum absolute atomic E-state index is 5.95. The van der Waals surface area contributed by atoms with Crippen LogP contribution in [0.1, 0.15) is 18.7 Å². The van der Waals surface area contributed by atoms with Crippen molar-refractivity contribution in [3.05, 3.63) is 17.4 Å². The molecule has 2 aromatic rings. The van der Waals surface area contributed by atoms with E-state index in [1.54, 1.807) is 0 Å². The van der Waals surface area contributed by atoms with E-state index in [1.165, 1.54) is 6.33 Å². The van der Waals surface area contributed by atoms with Crippen molar-refractivity contribution in [2.45, 2.75) is 19.3 Å². The first-order valence-electron chi connectivity index (χ1n) is 6.56. The summed E-state index contributed by atoms with van der Waals surface area (Å²) < 4.78 is 0. The van der Waals surface area contributed by atoms with E-state index < -0.39 is 0 Å². The van der Waals surface area contributed by atoms with E-state index in [-0.39, 0.29) is 5.28 Å². The average Bonchev–Trinajstić information content (AvgIpc) is 3.11. The summed E-state index contributed by atoms with van der Waals surface area (Å²) in [6.45, 7) is 2.59. The van der Waals surface area contributed by atoms with E-state index >= 15 is 0 Å². The van der Waals surface area contributed by atoms with Crippen LogP contribution in [0.3, 0.4) is 0 Å². The third kappa shape index (κ3) is 3.13. The molecule has 1 fully saturated rings. The molecule has 2 aromatic heterocycles. The Hall–Kier alpha value is -1.96. The molecular weight excluding hydrogens is 280 g/mol. The standard InChI is InChI=1S/C11H15ClN8/c12-9-16-10(13-4-3-8-14-7-15-19-8)18-11(17-9)20-5-1-2-6-20/h7H,1-6H2,(H,14,15,19)(H,13,16,17,18). The van der Waals surface area contributed by atoms with Crippen molar-refractivity contribution in [1.29, 1.82) is 0 Å². The van der Waals surface area contributed by atoms with Gasteiger partial charge in [0.1, 0.15) is 12.2 Å². The second-order valence-electron chi connectivity index (χ2n) is 4.53. The van der Waals surface area contributed by atoms with Crippen molar-refractivity contribution in [2.75, 3.05) is 29.9 Å². The number of nitrogens with one attached hydrogen (secondary N) is 2.